The Morgan fingerprint density at radius 3 is 1.51 bits per heavy atom. The molecule has 2 aliphatic rings. The van der Waals surface area contributed by atoms with Crippen molar-refractivity contribution in [3.63, 3.8) is 0 Å². The van der Waals surface area contributed by atoms with E-state index in [-0.39, 0.29) is 29.3 Å². The molecule has 5 heterocycles. The quantitative estimate of drug-likeness (QED) is 0.0989. The lowest BCUT2D eigenvalue weighted by atomic mass is 9.98. The van der Waals surface area contributed by atoms with E-state index in [1.807, 2.05) is 97.1 Å². The van der Waals surface area contributed by atoms with Gasteiger partial charge in [-0.3, -0.25) is 34.5 Å². The van der Waals surface area contributed by atoms with Crippen molar-refractivity contribution < 1.29 is 9.52 Å². The van der Waals surface area contributed by atoms with Gasteiger partial charge in [-0.1, -0.05) is 60.1 Å². The molecule has 1 N–H and O–H groups in total. The molecule has 0 saturated heterocycles. The van der Waals surface area contributed by atoms with Crippen LogP contribution in [0.25, 0.3) is 33.3 Å². The van der Waals surface area contributed by atoms with Crippen LogP contribution in [0.5, 0.6) is 5.75 Å². The molecule has 2 aromatic carbocycles. The first-order valence-corrected chi connectivity index (χ1v) is 17.6. The molecule has 4 aromatic heterocycles. The van der Waals surface area contributed by atoms with Crippen LogP contribution in [0.2, 0.25) is 5.02 Å². The maximum absolute atomic E-state index is 14.5. The molecule has 11 heteroatoms. The van der Waals surface area contributed by atoms with Gasteiger partial charge in [-0.15, -0.1) is 0 Å². The molecule has 0 radical (unpaired) electrons. The lowest BCUT2D eigenvalue weighted by Gasteiger charge is -2.25. The predicted molar refractivity (Wildman–Crippen MR) is 204 cm³/mol. The van der Waals surface area contributed by atoms with Crippen molar-refractivity contribution in [2.45, 2.75) is 39.3 Å². The lowest BCUT2D eigenvalue weighted by Crippen LogP contribution is -2.27. The van der Waals surface area contributed by atoms with Crippen LogP contribution in [0.3, 0.4) is 0 Å². The molecule has 262 valence electrons. The fraction of sp³-hybridized carbons (Fsp3) is 0.143. The zero-order valence-corrected chi connectivity index (χ0v) is 29.4. The Kier molecular flexibility index (Phi) is 9.81. The first kappa shape index (κ1) is 34.0. The summed E-state index contributed by atoms with van der Waals surface area (Å²) in [6.07, 6.45) is 7.02. The third kappa shape index (κ3) is 7.47. The fourth-order valence-electron chi connectivity index (χ4n) is 6.68. The van der Waals surface area contributed by atoms with E-state index < -0.39 is 0 Å². The molecule has 10 nitrogen and oxygen atoms in total. The van der Waals surface area contributed by atoms with Crippen LogP contribution >= 0.6 is 11.6 Å². The Bertz CT molecular complexity index is 2440. The van der Waals surface area contributed by atoms with Crippen molar-refractivity contribution in [2.24, 2.45) is 0 Å². The molecule has 0 amide bonds. The highest BCUT2D eigenvalue weighted by Gasteiger charge is 2.27. The maximum Gasteiger partial charge on any atom is 0.194 e. The van der Waals surface area contributed by atoms with Crippen molar-refractivity contribution >= 4 is 33.5 Å². The molecule has 1 aliphatic heterocycles. The molecule has 6 aromatic rings. The van der Waals surface area contributed by atoms with Gasteiger partial charge >= 0.3 is 0 Å². The maximum atomic E-state index is 14.5. The number of fused-ring (bicyclic) bond motifs is 4. The monoisotopic (exact) mass is 719 g/mol. The van der Waals surface area contributed by atoms with Gasteiger partial charge in [0.1, 0.15) is 17.0 Å². The Morgan fingerprint density at radius 2 is 1.04 bits per heavy atom. The number of phenols is 1. The number of rotatable bonds is 12. The van der Waals surface area contributed by atoms with E-state index in [1.165, 1.54) is 0 Å². The van der Waals surface area contributed by atoms with Crippen LogP contribution in [0.15, 0.2) is 137 Å². The van der Waals surface area contributed by atoms with Crippen LogP contribution in [-0.2, 0) is 39.3 Å². The smallest absolute Gasteiger partial charge is 0.194 e. The summed E-state index contributed by atoms with van der Waals surface area (Å²) in [4.78, 5) is 42.0. The number of benzene rings is 3. The van der Waals surface area contributed by atoms with Crippen molar-refractivity contribution in [3.8, 4) is 17.2 Å². The first-order valence-electron chi connectivity index (χ1n) is 17.2. The van der Waals surface area contributed by atoms with E-state index >= 15 is 0 Å². The second kappa shape index (κ2) is 15.3. The number of nitrogens with zero attached hydrogens (tertiary/aromatic N) is 7. The standard InChI is InChI=1S/C42H34ClN7O3/c43-36-21-37-41(35(40(36)52)27-50(24-30-13-5-9-19-46-30)25-31-14-6-10-20-47-31)53-42-34(39(51)33-16-2-1-15-32(33)38(42)48-37)26-49(22-28-11-3-7-17-44-28)23-29-12-4-8-18-45-29/h1-21,52H,22-27H2. The first-order chi connectivity index (χ1) is 26.0. The minimum Gasteiger partial charge on any atom is -0.506 e. The molecule has 0 spiro atoms. The SMILES string of the molecule is O=c1c(CN(Cc2ccccn2)Cc2ccccn2)c2oc3c(CN(Cc4ccccn4)Cc4ccccn4)c(O)c(Cl)cc3nc-2c2ccccc12. The molecule has 8 rings (SSSR count). The van der Waals surface area contributed by atoms with Crippen LogP contribution in [0, 0.1) is 0 Å². The topological polar surface area (TPSA) is 121 Å². The Hall–Kier alpha value is -6.07. The average molecular weight is 720 g/mol. The van der Waals surface area contributed by atoms with E-state index in [1.54, 1.807) is 30.9 Å². The Balaban J connectivity index is 1.28. The fourth-order valence-corrected chi connectivity index (χ4v) is 6.89. The third-order valence-electron chi connectivity index (χ3n) is 9.12. The van der Waals surface area contributed by atoms with Crippen molar-refractivity contribution in [3.05, 3.63) is 177 Å². The second-order valence-corrected chi connectivity index (χ2v) is 13.3. The minimum atomic E-state index is -0.156. The molecule has 0 fully saturated rings. The summed E-state index contributed by atoms with van der Waals surface area (Å²) in [5.74, 6) is 0.227. The van der Waals surface area contributed by atoms with Crippen LogP contribution < -0.4 is 5.43 Å². The summed E-state index contributed by atoms with van der Waals surface area (Å²) in [6.45, 7) is 2.30. The normalized spacial score (nSPS) is 11.7. The Labute approximate surface area is 310 Å². The summed E-state index contributed by atoms with van der Waals surface area (Å²) in [7, 11) is 0. The van der Waals surface area contributed by atoms with Crippen molar-refractivity contribution in [1.82, 2.24) is 34.7 Å². The van der Waals surface area contributed by atoms with Gasteiger partial charge in [0.25, 0.3) is 0 Å². The largest absolute Gasteiger partial charge is 0.506 e. The third-order valence-corrected chi connectivity index (χ3v) is 9.41. The van der Waals surface area contributed by atoms with Crippen LogP contribution in [-0.4, -0.2) is 39.8 Å². The second-order valence-electron chi connectivity index (χ2n) is 12.9. The predicted octanol–water partition coefficient (Wildman–Crippen LogP) is 7.79. The molecule has 53 heavy (non-hydrogen) atoms. The van der Waals surface area contributed by atoms with E-state index in [4.69, 9.17) is 21.0 Å². The zero-order valence-electron chi connectivity index (χ0n) is 28.6. The van der Waals surface area contributed by atoms with Gasteiger partial charge in [0, 0.05) is 74.8 Å². The highest BCUT2D eigenvalue weighted by molar-refractivity contribution is 6.33. The number of halogens is 1. The van der Waals surface area contributed by atoms with Gasteiger partial charge in [-0.05, 0) is 54.6 Å². The minimum absolute atomic E-state index is 0.118. The Morgan fingerprint density at radius 1 is 0.585 bits per heavy atom. The number of hydrogen-bond donors (Lipinski definition) is 1. The van der Waals surface area contributed by atoms with Gasteiger partial charge in [0.2, 0.25) is 0 Å². The number of aromatic hydroxyl groups is 1. The lowest BCUT2D eigenvalue weighted by molar-refractivity contribution is 0.237. The van der Waals surface area contributed by atoms with Crippen LogP contribution in [0.1, 0.15) is 33.9 Å². The van der Waals surface area contributed by atoms with Gasteiger partial charge in [0.15, 0.2) is 16.8 Å². The number of pyridine rings is 4. The number of aromatic nitrogens is 5. The highest BCUT2D eigenvalue weighted by atomic mass is 35.5. The van der Waals surface area contributed by atoms with E-state index in [2.05, 4.69) is 29.7 Å². The molecular formula is C42H34ClN7O3. The van der Waals surface area contributed by atoms with Gasteiger partial charge in [-0.2, -0.15) is 0 Å². The van der Waals surface area contributed by atoms with E-state index in [0.29, 0.717) is 70.6 Å². The molecule has 0 atom stereocenters. The molecular weight excluding hydrogens is 686 g/mol. The van der Waals surface area contributed by atoms with Gasteiger partial charge in [-0.25, -0.2) is 4.98 Å². The molecule has 0 bridgehead atoms. The summed E-state index contributed by atoms with van der Waals surface area (Å²) in [6, 6.07) is 32.1. The van der Waals surface area contributed by atoms with E-state index in [9.17, 15) is 9.90 Å². The highest BCUT2D eigenvalue weighted by Crippen LogP contribution is 2.40. The molecule has 1 aliphatic carbocycles. The number of hydrogen-bond acceptors (Lipinski definition) is 10. The summed E-state index contributed by atoms with van der Waals surface area (Å²) in [5, 5.41) is 12.9. The summed E-state index contributed by atoms with van der Waals surface area (Å²) in [5.41, 5.74) is 5.46. The summed E-state index contributed by atoms with van der Waals surface area (Å²) >= 11 is 6.70. The van der Waals surface area contributed by atoms with Crippen LogP contribution in [0.4, 0.5) is 0 Å². The van der Waals surface area contributed by atoms with Gasteiger partial charge in [0.05, 0.1) is 38.9 Å². The van der Waals surface area contributed by atoms with Crippen molar-refractivity contribution in [1.29, 1.82) is 0 Å². The van der Waals surface area contributed by atoms with Crippen molar-refractivity contribution in [2.75, 3.05) is 0 Å². The summed E-state index contributed by atoms with van der Waals surface area (Å²) < 4.78 is 6.84. The number of phenolic OH excluding ortho intramolecular Hbond substituents is 1. The molecule has 0 unspecified atom stereocenters. The molecule has 0 saturated carbocycles. The zero-order chi connectivity index (χ0) is 36.1. The average Bonchev–Trinajstić information content (AvgIpc) is 3.19. The van der Waals surface area contributed by atoms with E-state index in [0.717, 1.165) is 22.8 Å². The van der Waals surface area contributed by atoms with Gasteiger partial charge < -0.3 is 9.52 Å².